The molecular formula is C22H38O5. The number of aliphatic hydroxyl groups is 3. The van der Waals surface area contributed by atoms with Crippen LogP contribution in [-0.4, -0.2) is 46.7 Å². The molecule has 156 valence electrons. The van der Waals surface area contributed by atoms with Crippen LogP contribution in [0.1, 0.15) is 65.2 Å². The summed E-state index contributed by atoms with van der Waals surface area (Å²) in [6.45, 7) is 3.98. The SMILES string of the molecule is CCCCCC(O)C=C[C@@H]1[C@@H](CC=CCCC(C)C(=O)OC)[C@@H](O)C[C@H]1O. The maximum absolute atomic E-state index is 11.4. The van der Waals surface area contributed by atoms with Crippen molar-refractivity contribution in [3.05, 3.63) is 24.3 Å². The Morgan fingerprint density at radius 3 is 2.59 bits per heavy atom. The van der Waals surface area contributed by atoms with Crippen LogP contribution in [0, 0.1) is 17.8 Å². The van der Waals surface area contributed by atoms with Crippen LogP contribution >= 0.6 is 0 Å². The highest BCUT2D eigenvalue weighted by Gasteiger charge is 2.39. The number of methoxy groups -OCH3 is 1. The van der Waals surface area contributed by atoms with Gasteiger partial charge in [0, 0.05) is 12.3 Å². The lowest BCUT2D eigenvalue weighted by atomic mass is 9.89. The third-order valence-electron chi connectivity index (χ3n) is 5.52. The van der Waals surface area contributed by atoms with Gasteiger partial charge >= 0.3 is 5.97 Å². The zero-order valence-electron chi connectivity index (χ0n) is 17.1. The van der Waals surface area contributed by atoms with Gasteiger partial charge < -0.3 is 20.1 Å². The minimum Gasteiger partial charge on any atom is -0.469 e. The summed E-state index contributed by atoms with van der Waals surface area (Å²) in [5, 5.41) is 30.6. The molecule has 0 spiro atoms. The van der Waals surface area contributed by atoms with Crippen molar-refractivity contribution in [2.75, 3.05) is 7.11 Å². The molecule has 1 rings (SSSR count). The number of rotatable bonds is 12. The van der Waals surface area contributed by atoms with Gasteiger partial charge in [0.2, 0.25) is 0 Å². The highest BCUT2D eigenvalue weighted by atomic mass is 16.5. The Balaban J connectivity index is 2.48. The van der Waals surface area contributed by atoms with Crippen LogP contribution in [0.2, 0.25) is 0 Å². The molecule has 1 saturated carbocycles. The van der Waals surface area contributed by atoms with E-state index in [2.05, 4.69) is 6.92 Å². The number of carbonyl (C=O) groups excluding carboxylic acids is 1. The van der Waals surface area contributed by atoms with E-state index < -0.39 is 18.3 Å². The topological polar surface area (TPSA) is 87.0 Å². The van der Waals surface area contributed by atoms with E-state index in [0.717, 1.165) is 38.5 Å². The maximum atomic E-state index is 11.4. The molecule has 1 aliphatic rings. The number of hydrogen-bond acceptors (Lipinski definition) is 5. The molecule has 0 aromatic heterocycles. The van der Waals surface area contributed by atoms with E-state index in [1.54, 1.807) is 6.08 Å². The summed E-state index contributed by atoms with van der Waals surface area (Å²) in [7, 11) is 1.40. The lowest BCUT2D eigenvalue weighted by molar-refractivity contribution is -0.145. The van der Waals surface area contributed by atoms with E-state index in [1.165, 1.54) is 7.11 Å². The van der Waals surface area contributed by atoms with Crippen LogP contribution in [0.4, 0.5) is 0 Å². The zero-order valence-corrected chi connectivity index (χ0v) is 17.1. The van der Waals surface area contributed by atoms with E-state index in [9.17, 15) is 20.1 Å². The quantitative estimate of drug-likeness (QED) is 0.274. The van der Waals surface area contributed by atoms with Crippen LogP contribution in [0.5, 0.6) is 0 Å². The first-order valence-electron chi connectivity index (χ1n) is 10.4. The van der Waals surface area contributed by atoms with Crippen molar-refractivity contribution in [3.8, 4) is 0 Å². The third kappa shape index (κ3) is 8.58. The average molecular weight is 383 g/mol. The number of unbranched alkanes of at least 4 members (excludes halogenated alkanes) is 2. The molecule has 0 saturated heterocycles. The number of esters is 1. The highest BCUT2D eigenvalue weighted by Crippen LogP contribution is 2.36. The van der Waals surface area contributed by atoms with Gasteiger partial charge in [-0.3, -0.25) is 4.79 Å². The van der Waals surface area contributed by atoms with Crippen LogP contribution in [-0.2, 0) is 9.53 Å². The minimum atomic E-state index is -0.572. The average Bonchev–Trinajstić information content (AvgIpc) is 2.91. The Bertz CT molecular complexity index is 473. The molecule has 3 N–H and O–H groups in total. The fourth-order valence-electron chi connectivity index (χ4n) is 3.70. The predicted octanol–water partition coefficient (Wildman–Crippen LogP) is 3.38. The van der Waals surface area contributed by atoms with Crippen molar-refractivity contribution in [1.82, 2.24) is 0 Å². The number of hydrogen-bond donors (Lipinski definition) is 3. The van der Waals surface area contributed by atoms with Crippen molar-refractivity contribution in [1.29, 1.82) is 0 Å². The summed E-state index contributed by atoms with van der Waals surface area (Å²) in [5.41, 5.74) is 0. The first-order chi connectivity index (χ1) is 12.9. The van der Waals surface area contributed by atoms with Gasteiger partial charge in [-0.15, -0.1) is 0 Å². The van der Waals surface area contributed by atoms with E-state index in [4.69, 9.17) is 4.74 Å². The van der Waals surface area contributed by atoms with Gasteiger partial charge in [0.05, 0.1) is 31.3 Å². The largest absolute Gasteiger partial charge is 0.469 e. The molecule has 2 unspecified atom stereocenters. The molecule has 6 atom stereocenters. The van der Waals surface area contributed by atoms with Crippen LogP contribution < -0.4 is 0 Å². The van der Waals surface area contributed by atoms with E-state index in [-0.39, 0.29) is 23.7 Å². The van der Waals surface area contributed by atoms with E-state index in [1.807, 2.05) is 25.2 Å². The molecule has 5 heteroatoms. The Hall–Kier alpha value is -1.17. The van der Waals surface area contributed by atoms with Gasteiger partial charge in [0.15, 0.2) is 0 Å². The van der Waals surface area contributed by atoms with Crippen molar-refractivity contribution < 1.29 is 24.9 Å². The van der Waals surface area contributed by atoms with Crippen LogP contribution in [0.3, 0.4) is 0 Å². The van der Waals surface area contributed by atoms with Gasteiger partial charge in [-0.25, -0.2) is 0 Å². The predicted molar refractivity (Wildman–Crippen MR) is 107 cm³/mol. The Kier molecular flexibility index (Phi) is 11.6. The standard InChI is InChI=1S/C22H38O5/c1-4-5-7-11-17(23)13-14-19-18(20(24)15-21(19)25)12-9-6-8-10-16(2)22(26)27-3/h6,9,13-14,16-21,23-25H,4-5,7-8,10-12,15H2,1-3H3/t16?,17?,18-,19-,20+,21-/m1/s1. The summed E-state index contributed by atoms with van der Waals surface area (Å²) in [4.78, 5) is 11.4. The number of ether oxygens (including phenoxy) is 1. The first-order valence-corrected chi connectivity index (χ1v) is 10.4. The second kappa shape index (κ2) is 13.1. The van der Waals surface area contributed by atoms with Gasteiger partial charge in [-0.05, 0) is 31.6 Å². The fraction of sp³-hybridized carbons (Fsp3) is 0.773. The number of aliphatic hydroxyl groups excluding tert-OH is 3. The lowest BCUT2D eigenvalue weighted by Crippen LogP contribution is -2.20. The van der Waals surface area contributed by atoms with Gasteiger partial charge in [0.25, 0.3) is 0 Å². The Morgan fingerprint density at radius 1 is 1.19 bits per heavy atom. The number of carbonyl (C=O) groups is 1. The Labute approximate surface area is 164 Å². The monoisotopic (exact) mass is 382 g/mol. The third-order valence-corrected chi connectivity index (χ3v) is 5.52. The Morgan fingerprint density at radius 2 is 1.93 bits per heavy atom. The molecule has 0 amide bonds. The highest BCUT2D eigenvalue weighted by molar-refractivity contribution is 5.71. The summed E-state index contributed by atoms with van der Waals surface area (Å²) in [5.74, 6) is -0.503. The normalized spacial score (nSPS) is 28.1. The van der Waals surface area contributed by atoms with Gasteiger partial charge in [-0.1, -0.05) is 57.4 Å². The molecule has 1 fully saturated rings. The first kappa shape index (κ1) is 23.9. The van der Waals surface area contributed by atoms with E-state index in [0.29, 0.717) is 12.8 Å². The van der Waals surface area contributed by atoms with Crippen LogP contribution in [0.15, 0.2) is 24.3 Å². The molecule has 5 nitrogen and oxygen atoms in total. The maximum Gasteiger partial charge on any atom is 0.308 e. The number of allylic oxidation sites excluding steroid dienone is 2. The van der Waals surface area contributed by atoms with Gasteiger partial charge in [-0.2, -0.15) is 0 Å². The van der Waals surface area contributed by atoms with Crippen molar-refractivity contribution in [3.63, 3.8) is 0 Å². The smallest absolute Gasteiger partial charge is 0.308 e. The summed E-state index contributed by atoms with van der Waals surface area (Å²) in [6, 6.07) is 0. The molecule has 1 aliphatic carbocycles. The fourth-order valence-corrected chi connectivity index (χ4v) is 3.70. The van der Waals surface area contributed by atoms with E-state index >= 15 is 0 Å². The summed E-state index contributed by atoms with van der Waals surface area (Å²) < 4.78 is 4.72. The van der Waals surface area contributed by atoms with Crippen LogP contribution in [0.25, 0.3) is 0 Å². The van der Waals surface area contributed by atoms with Crippen molar-refractivity contribution >= 4 is 5.97 Å². The molecule has 0 bridgehead atoms. The summed E-state index contributed by atoms with van der Waals surface area (Å²) >= 11 is 0. The second-order valence-corrected chi connectivity index (χ2v) is 7.77. The molecule has 27 heavy (non-hydrogen) atoms. The minimum absolute atomic E-state index is 0.0478. The van der Waals surface area contributed by atoms with Gasteiger partial charge in [0.1, 0.15) is 0 Å². The molecular weight excluding hydrogens is 344 g/mol. The lowest BCUT2D eigenvalue weighted by Gasteiger charge is -2.19. The summed E-state index contributed by atoms with van der Waals surface area (Å²) in [6.07, 6.45) is 12.6. The molecule has 0 aromatic carbocycles. The molecule has 0 radical (unpaired) electrons. The zero-order chi connectivity index (χ0) is 20.2. The molecule has 0 aromatic rings. The second-order valence-electron chi connectivity index (χ2n) is 7.77. The molecule has 0 heterocycles. The van der Waals surface area contributed by atoms with Crippen molar-refractivity contribution in [2.45, 2.75) is 83.5 Å². The molecule has 0 aliphatic heterocycles. The van der Waals surface area contributed by atoms with Crippen molar-refractivity contribution in [2.24, 2.45) is 17.8 Å².